The molecule has 0 aliphatic rings. The largest absolute Gasteiger partial charge is 0.477 e. The normalized spacial score (nSPS) is 13.3. The molecule has 0 heterocycles. The first-order valence-corrected chi connectivity index (χ1v) is 7.56. The smallest absolute Gasteiger partial charge is 0.460 e. The molecule has 0 unspecified atom stereocenters. The quantitative estimate of drug-likeness (QED) is 0.371. The Morgan fingerprint density at radius 3 is 1.95 bits per heavy atom. The second-order valence-corrected chi connectivity index (χ2v) is 5.35. The van der Waals surface area contributed by atoms with Crippen LogP contribution >= 0.6 is 12.2 Å². The molecule has 0 aromatic heterocycles. The molecule has 0 fully saturated rings. The summed E-state index contributed by atoms with van der Waals surface area (Å²) < 4.78 is 41.1. The maximum absolute atomic E-state index is 12.1. The Morgan fingerprint density at radius 1 is 1.00 bits per heavy atom. The lowest BCUT2D eigenvalue weighted by atomic mass is 10.1. The SMILES string of the molecule is CCCCCCCCCC[C@@H](C)OC(=S)C(F)(F)F. The molecule has 0 saturated carbocycles. The molecular formula is C14H25F3OS. The van der Waals surface area contributed by atoms with Crippen LogP contribution in [-0.2, 0) is 4.74 Å². The minimum Gasteiger partial charge on any atom is -0.477 e. The summed E-state index contributed by atoms with van der Waals surface area (Å²) in [5.74, 6) is 0. The van der Waals surface area contributed by atoms with Crippen molar-refractivity contribution in [1.82, 2.24) is 0 Å². The highest BCUT2D eigenvalue weighted by Crippen LogP contribution is 2.20. The van der Waals surface area contributed by atoms with Gasteiger partial charge in [0.1, 0.15) is 0 Å². The molecule has 0 aliphatic carbocycles. The van der Waals surface area contributed by atoms with Crippen LogP contribution in [-0.4, -0.2) is 17.3 Å². The highest BCUT2D eigenvalue weighted by Gasteiger charge is 2.37. The fourth-order valence-electron chi connectivity index (χ4n) is 1.87. The van der Waals surface area contributed by atoms with Gasteiger partial charge < -0.3 is 4.74 Å². The third-order valence-corrected chi connectivity index (χ3v) is 3.33. The number of hydrogen-bond donors (Lipinski definition) is 0. The van der Waals surface area contributed by atoms with Gasteiger partial charge in [0.05, 0.1) is 6.10 Å². The van der Waals surface area contributed by atoms with Gasteiger partial charge in [-0.1, -0.05) is 51.9 Å². The lowest BCUT2D eigenvalue weighted by Crippen LogP contribution is -2.27. The molecule has 0 amide bonds. The molecule has 0 aromatic carbocycles. The predicted octanol–water partition coefficient (Wildman–Crippen LogP) is 5.81. The van der Waals surface area contributed by atoms with Gasteiger partial charge in [0.25, 0.3) is 5.05 Å². The summed E-state index contributed by atoms with van der Waals surface area (Å²) in [5, 5.41) is -1.25. The number of rotatable bonds is 10. The summed E-state index contributed by atoms with van der Waals surface area (Å²) >= 11 is 4.18. The summed E-state index contributed by atoms with van der Waals surface area (Å²) in [6.07, 6.45) is 5.08. The van der Waals surface area contributed by atoms with Gasteiger partial charge >= 0.3 is 6.18 Å². The van der Waals surface area contributed by atoms with E-state index in [0.717, 1.165) is 19.3 Å². The van der Waals surface area contributed by atoms with E-state index in [4.69, 9.17) is 0 Å². The molecule has 0 N–H and O–H groups in total. The van der Waals surface area contributed by atoms with Gasteiger partial charge in [0.2, 0.25) is 0 Å². The zero-order valence-electron chi connectivity index (χ0n) is 11.9. The fraction of sp³-hybridized carbons (Fsp3) is 0.929. The first kappa shape index (κ1) is 18.7. The molecule has 5 heteroatoms. The van der Waals surface area contributed by atoms with E-state index in [1.807, 2.05) is 0 Å². The molecule has 1 atom stereocenters. The Labute approximate surface area is 119 Å². The standard InChI is InChI=1S/C14H25F3OS/c1-3-4-5-6-7-8-9-10-11-12(2)18-13(19)14(15,16)17/h12H,3-11H2,1-2H3/t12-/m1/s1. The van der Waals surface area contributed by atoms with Crippen molar-refractivity contribution < 1.29 is 17.9 Å². The summed E-state index contributed by atoms with van der Waals surface area (Å²) in [4.78, 5) is 0. The van der Waals surface area contributed by atoms with E-state index in [-0.39, 0.29) is 0 Å². The van der Waals surface area contributed by atoms with E-state index in [1.165, 1.54) is 32.1 Å². The average Bonchev–Trinajstić information content (AvgIpc) is 2.31. The highest BCUT2D eigenvalue weighted by atomic mass is 32.1. The fourth-order valence-corrected chi connectivity index (χ4v) is 2.04. The summed E-state index contributed by atoms with van der Waals surface area (Å²) in [5.41, 5.74) is 0. The zero-order valence-corrected chi connectivity index (χ0v) is 12.7. The first-order chi connectivity index (χ1) is 8.88. The van der Waals surface area contributed by atoms with Crippen LogP contribution in [0.25, 0.3) is 0 Å². The van der Waals surface area contributed by atoms with E-state index in [1.54, 1.807) is 6.92 Å². The van der Waals surface area contributed by atoms with Crippen molar-refractivity contribution >= 4 is 17.3 Å². The van der Waals surface area contributed by atoms with Crippen LogP contribution in [0, 0.1) is 0 Å². The lowest BCUT2D eigenvalue weighted by Gasteiger charge is -2.16. The van der Waals surface area contributed by atoms with Crippen LogP contribution in [0.3, 0.4) is 0 Å². The van der Waals surface area contributed by atoms with Crippen LogP contribution < -0.4 is 0 Å². The molecule has 0 bridgehead atoms. The van der Waals surface area contributed by atoms with Crippen LogP contribution in [0.2, 0.25) is 0 Å². The van der Waals surface area contributed by atoms with Gasteiger partial charge in [-0.2, -0.15) is 13.2 Å². The molecule has 19 heavy (non-hydrogen) atoms. The van der Waals surface area contributed by atoms with E-state index >= 15 is 0 Å². The van der Waals surface area contributed by atoms with Crippen LogP contribution in [0.5, 0.6) is 0 Å². The number of alkyl halides is 3. The zero-order chi connectivity index (χ0) is 14.7. The van der Waals surface area contributed by atoms with Gasteiger partial charge in [-0.25, -0.2) is 0 Å². The summed E-state index contributed by atoms with van der Waals surface area (Å²) in [7, 11) is 0. The summed E-state index contributed by atoms with van der Waals surface area (Å²) in [6.45, 7) is 3.83. The third-order valence-electron chi connectivity index (χ3n) is 3.00. The molecule has 1 nitrogen and oxygen atoms in total. The van der Waals surface area contributed by atoms with Crippen molar-refractivity contribution in [1.29, 1.82) is 0 Å². The van der Waals surface area contributed by atoms with Gasteiger partial charge in [0.15, 0.2) is 0 Å². The minimum atomic E-state index is -4.51. The Morgan fingerprint density at radius 2 is 1.47 bits per heavy atom. The number of thiocarbonyl (C=S) groups is 1. The van der Waals surface area contributed by atoms with Gasteiger partial charge in [0, 0.05) is 0 Å². The third kappa shape index (κ3) is 11.2. The number of hydrogen-bond acceptors (Lipinski definition) is 2. The Balaban J connectivity index is 3.44. The van der Waals surface area contributed by atoms with E-state index in [0.29, 0.717) is 6.42 Å². The molecule has 0 spiro atoms. The molecule has 114 valence electrons. The van der Waals surface area contributed by atoms with Gasteiger partial charge in [-0.05, 0) is 32.0 Å². The summed E-state index contributed by atoms with van der Waals surface area (Å²) in [6, 6.07) is 0. The van der Waals surface area contributed by atoms with Crippen molar-refractivity contribution in [2.45, 2.75) is 83.9 Å². The van der Waals surface area contributed by atoms with Crippen LogP contribution in [0.1, 0.15) is 71.6 Å². The van der Waals surface area contributed by atoms with Gasteiger partial charge in [-0.15, -0.1) is 0 Å². The number of halogens is 3. The van der Waals surface area contributed by atoms with E-state index < -0.39 is 17.3 Å². The molecule has 0 rings (SSSR count). The average molecular weight is 298 g/mol. The molecule has 0 aromatic rings. The van der Waals surface area contributed by atoms with Crippen molar-refractivity contribution in [3.63, 3.8) is 0 Å². The first-order valence-electron chi connectivity index (χ1n) is 7.15. The Bertz CT molecular complexity index is 241. The molecular weight excluding hydrogens is 273 g/mol. The topological polar surface area (TPSA) is 9.23 Å². The van der Waals surface area contributed by atoms with E-state index in [2.05, 4.69) is 23.9 Å². The van der Waals surface area contributed by atoms with Gasteiger partial charge in [-0.3, -0.25) is 0 Å². The monoisotopic (exact) mass is 298 g/mol. The maximum atomic E-state index is 12.1. The molecule has 0 aliphatic heterocycles. The van der Waals surface area contributed by atoms with Crippen molar-refractivity contribution in [3.05, 3.63) is 0 Å². The number of unbranched alkanes of at least 4 members (excludes halogenated alkanes) is 7. The predicted molar refractivity (Wildman–Crippen MR) is 76.4 cm³/mol. The van der Waals surface area contributed by atoms with Crippen LogP contribution in [0.4, 0.5) is 13.2 Å². The van der Waals surface area contributed by atoms with E-state index in [9.17, 15) is 13.2 Å². The molecule has 0 radical (unpaired) electrons. The maximum Gasteiger partial charge on any atom is 0.460 e. The molecule has 0 saturated heterocycles. The Hall–Kier alpha value is -0.320. The highest BCUT2D eigenvalue weighted by molar-refractivity contribution is 7.80. The second kappa shape index (κ2) is 10.5. The second-order valence-electron chi connectivity index (χ2n) is 4.98. The van der Waals surface area contributed by atoms with Crippen molar-refractivity contribution in [2.24, 2.45) is 0 Å². The Kier molecular flexibility index (Phi) is 10.3. The number of ether oxygens (including phenoxy) is 1. The minimum absolute atomic E-state index is 0.450. The van der Waals surface area contributed by atoms with Crippen LogP contribution in [0.15, 0.2) is 0 Å². The lowest BCUT2D eigenvalue weighted by molar-refractivity contribution is -0.0789. The van der Waals surface area contributed by atoms with Crippen molar-refractivity contribution in [2.75, 3.05) is 0 Å². The van der Waals surface area contributed by atoms with Crippen molar-refractivity contribution in [3.8, 4) is 0 Å².